The lowest BCUT2D eigenvalue weighted by atomic mass is 10.1. The van der Waals surface area contributed by atoms with E-state index in [1.54, 1.807) is 12.1 Å². The molecule has 0 aliphatic rings. The highest BCUT2D eigenvalue weighted by Gasteiger charge is 2.36. The van der Waals surface area contributed by atoms with Crippen molar-refractivity contribution in [3.05, 3.63) is 59.4 Å². The molecule has 0 amide bonds. The molecule has 174 valence electrons. The van der Waals surface area contributed by atoms with Gasteiger partial charge in [-0.05, 0) is 30.3 Å². The van der Waals surface area contributed by atoms with Gasteiger partial charge in [-0.3, -0.25) is 0 Å². The van der Waals surface area contributed by atoms with Crippen molar-refractivity contribution >= 4 is 38.6 Å². The fourth-order valence-electron chi connectivity index (χ4n) is 3.11. The molecule has 0 bridgehead atoms. The first-order valence-corrected chi connectivity index (χ1v) is 11.9. The largest absolute Gasteiger partial charge is 0.433 e. The Balaban J connectivity index is 1.64. The second-order valence-corrected chi connectivity index (χ2v) is 10.2. The van der Waals surface area contributed by atoms with Gasteiger partial charge in [-0.2, -0.15) is 23.3 Å². The number of hydrogen-bond acceptors (Lipinski definition) is 8. The summed E-state index contributed by atoms with van der Waals surface area (Å²) in [6.07, 6.45) is -3.60. The number of hydrogen-bond donors (Lipinski definition) is 1. The van der Waals surface area contributed by atoms with E-state index in [2.05, 4.69) is 20.2 Å². The van der Waals surface area contributed by atoms with E-state index >= 15 is 0 Å². The van der Waals surface area contributed by atoms with Gasteiger partial charge in [0.05, 0.1) is 16.8 Å². The average Bonchev–Trinajstić information content (AvgIpc) is 3.50. The molecule has 0 saturated carbocycles. The molecule has 4 aromatic heterocycles. The lowest BCUT2D eigenvalue weighted by Gasteiger charge is -2.11. The van der Waals surface area contributed by atoms with Crippen LogP contribution in [0.4, 0.5) is 13.2 Å². The van der Waals surface area contributed by atoms with Gasteiger partial charge in [-0.1, -0.05) is 28.9 Å². The third-order valence-electron chi connectivity index (χ3n) is 4.64. The van der Waals surface area contributed by atoms with Gasteiger partial charge in [0.25, 0.3) is 5.89 Å². The number of rotatable bonds is 4. The number of thiophene rings is 1. The minimum Gasteiger partial charge on any atom is -0.333 e. The Labute approximate surface area is 197 Å². The predicted octanol–water partition coefficient (Wildman–Crippen LogP) is 4.49. The van der Waals surface area contributed by atoms with E-state index in [0.717, 1.165) is 23.6 Å². The summed E-state index contributed by atoms with van der Waals surface area (Å²) in [4.78, 5) is 8.85. The maximum atomic E-state index is 13.8. The number of benzene rings is 1. The van der Waals surface area contributed by atoms with Crippen molar-refractivity contribution in [3.63, 3.8) is 0 Å². The van der Waals surface area contributed by atoms with Crippen LogP contribution >= 0.6 is 22.9 Å². The first kappa shape index (κ1) is 22.5. The number of aromatic nitrogens is 5. The van der Waals surface area contributed by atoms with E-state index in [1.807, 2.05) is 0 Å². The molecule has 0 fully saturated rings. The lowest BCUT2D eigenvalue weighted by Crippen LogP contribution is -2.13. The van der Waals surface area contributed by atoms with Crippen LogP contribution in [-0.2, 0) is 16.2 Å². The van der Waals surface area contributed by atoms with Gasteiger partial charge >= 0.3 is 6.18 Å². The maximum absolute atomic E-state index is 13.8. The third-order valence-corrected chi connectivity index (χ3v) is 7.41. The SMILES string of the molecule is NS(=O)(=O)c1ccc(-c2noc(-c3cnn4c(C(F)(F)F)cc(-c5ccc(Cl)cc5)nc34)n2)s1. The molecule has 34 heavy (non-hydrogen) atoms. The van der Waals surface area contributed by atoms with Crippen molar-refractivity contribution in [2.45, 2.75) is 10.4 Å². The van der Waals surface area contributed by atoms with Crippen LogP contribution in [0.25, 0.3) is 39.1 Å². The molecule has 0 aliphatic carbocycles. The first-order valence-electron chi connectivity index (χ1n) is 9.20. The fraction of sp³-hybridized carbons (Fsp3) is 0.0526. The highest BCUT2D eigenvalue weighted by Crippen LogP contribution is 2.35. The number of primary sulfonamides is 1. The Morgan fingerprint density at radius 2 is 1.82 bits per heavy atom. The van der Waals surface area contributed by atoms with E-state index in [-0.39, 0.29) is 32.8 Å². The van der Waals surface area contributed by atoms with Gasteiger partial charge in [-0.15, -0.1) is 11.3 Å². The highest BCUT2D eigenvalue weighted by atomic mass is 35.5. The Morgan fingerprint density at radius 1 is 1.09 bits per heavy atom. The van der Waals surface area contributed by atoms with Gasteiger partial charge < -0.3 is 4.52 Å². The second-order valence-electron chi connectivity index (χ2n) is 6.91. The topological polar surface area (TPSA) is 129 Å². The minimum absolute atomic E-state index is 0.0270. The Bertz CT molecular complexity index is 1640. The zero-order chi connectivity index (χ0) is 24.3. The molecule has 0 saturated heterocycles. The Morgan fingerprint density at radius 3 is 2.47 bits per heavy atom. The van der Waals surface area contributed by atoms with Crippen molar-refractivity contribution in [3.8, 4) is 33.4 Å². The molecule has 9 nitrogen and oxygen atoms in total. The minimum atomic E-state index is -4.73. The van der Waals surface area contributed by atoms with Crippen molar-refractivity contribution in [2.75, 3.05) is 0 Å². The molecular weight excluding hydrogens is 517 g/mol. The van der Waals surface area contributed by atoms with E-state index < -0.39 is 21.9 Å². The van der Waals surface area contributed by atoms with Crippen molar-refractivity contribution in [2.24, 2.45) is 5.14 Å². The molecule has 15 heteroatoms. The van der Waals surface area contributed by atoms with Gasteiger partial charge in [-0.25, -0.2) is 23.1 Å². The summed E-state index contributed by atoms with van der Waals surface area (Å²) >= 11 is 6.70. The summed E-state index contributed by atoms with van der Waals surface area (Å²) in [7, 11) is -3.91. The third kappa shape index (κ3) is 4.04. The molecule has 4 heterocycles. The Hall–Kier alpha value is -3.33. The number of sulfonamides is 1. The van der Waals surface area contributed by atoms with Crippen LogP contribution in [0, 0.1) is 0 Å². The summed E-state index contributed by atoms with van der Waals surface area (Å²) in [6.45, 7) is 0. The molecule has 2 N–H and O–H groups in total. The molecule has 0 radical (unpaired) electrons. The van der Waals surface area contributed by atoms with Gasteiger partial charge in [0, 0.05) is 10.6 Å². The molecule has 5 rings (SSSR count). The summed E-state index contributed by atoms with van der Waals surface area (Å²) < 4.78 is 70.2. The second kappa shape index (κ2) is 7.87. The molecule has 0 unspecified atom stereocenters. The van der Waals surface area contributed by atoms with Crippen LogP contribution in [0.1, 0.15) is 5.69 Å². The van der Waals surface area contributed by atoms with Crippen LogP contribution in [0.15, 0.2) is 57.4 Å². The van der Waals surface area contributed by atoms with Gasteiger partial charge in [0.15, 0.2) is 11.3 Å². The monoisotopic (exact) mass is 526 g/mol. The number of nitrogens with zero attached hydrogens (tertiary/aromatic N) is 5. The average molecular weight is 527 g/mol. The fourth-order valence-corrected chi connectivity index (χ4v) is 4.89. The zero-order valence-corrected chi connectivity index (χ0v) is 18.9. The van der Waals surface area contributed by atoms with Crippen LogP contribution < -0.4 is 5.14 Å². The number of fused-ring (bicyclic) bond motifs is 1. The molecule has 0 aliphatic heterocycles. The van der Waals surface area contributed by atoms with E-state index in [1.165, 1.54) is 24.3 Å². The van der Waals surface area contributed by atoms with Crippen molar-refractivity contribution < 1.29 is 26.1 Å². The quantitative estimate of drug-likeness (QED) is 0.365. The van der Waals surface area contributed by atoms with E-state index in [0.29, 0.717) is 20.0 Å². The van der Waals surface area contributed by atoms with Crippen molar-refractivity contribution in [1.29, 1.82) is 0 Å². The smallest absolute Gasteiger partial charge is 0.333 e. The molecule has 1 aromatic carbocycles. The molecule has 5 aromatic rings. The normalized spacial score (nSPS) is 12.5. The lowest BCUT2D eigenvalue weighted by molar-refractivity contribution is -0.142. The number of nitrogens with two attached hydrogens (primary N) is 1. The van der Waals surface area contributed by atoms with Crippen molar-refractivity contribution in [1.82, 2.24) is 24.7 Å². The Kier molecular flexibility index (Phi) is 5.20. The summed E-state index contributed by atoms with van der Waals surface area (Å²) in [6, 6.07) is 9.77. The van der Waals surface area contributed by atoms with E-state index in [4.69, 9.17) is 21.3 Å². The summed E-state index contributed by atoms with van der Waals surface area (Å²) in [5.74, 6) is -0.122. The summed E-state index contributed by atoms with van der Waals surface area (Å²) in [5.41, 5.74) is -0.710. The summed E-state index contributed by atoms with van der Waals surface area (Å²) in [5, 5.41) is 13.1. The van der Waals surface area contributed by atoms with Gasteiger partial charge in [0.1, 0.15) is 9.77 Å². The predicted molar refractivity (Wildman–Crippen MR) is 116 cm³/mol. The highest BCUT2D eigenvalue weighted by molar-refractivity contribution is 7.91. The standard InChI is InChI=1S/C19H10ClF3N6O3S2/c20-10-3-1-9(2-4-10)12-7-14(19(21,22)23)29-17(26-12)11(8-25-29)18-27-16(28-32-18)13-5-6-15(33-13)34(24,30)31/h1-8H,(H2,24,30,31). The van der Waals surface area contributed by atoms with Crippen LogP contribution in [0.3, 0.4) is 0 Å². The molecular formula is C19H10ClF3N6O3S2. The van der Waals surface area contributed by atoms with Crippen LogP contribution in [0.5, 0.6) is 0 Å². The maximum Gasteiger partial charge on any atom is 0.433 e. The van der Waals surface area contributed by atoms with E-state index in [9.17, 15) is 21.6 Å². The first-order chi connectivity index (χ1) is 16.0. The zero-order valence-electron chi connectivity index (χ0n) is 16.5. The van der Waals surface area contributed by atoms with Crippen LogP contribution in [-0.4, -0.2) is 33.2 Å². The number of halogens is 4. The molecule has 0 atom stereocenters. The number of alkyl halides is 3. The molecule has 0 spiro atoms. The van der Waals surface area contributed by atoms with Crippen LogP contribution in [0.2, 0.25) is 5.02 Å². The van der Waals surface area contributed by atoms with Gasteiger partial charge in [0.2, 0.25) is 15.8 Å².